The van der Waals surface area contributed by atoms with Crippen molar-refractivity contribution < 1.29 is 9.53 Å². The third-order valence-electron chi connectivity index (χ3n) is 3.77. The molecule has 1 aliphatic rings. The number of ether oxygens (including phenoxy) is 1. The van der Waals surface area contributed by atoms with Gasteiger partial charge in [0.05, 0.1) is 6.61 Å². The summed E-state index contributed by atoms with van der Waals surface area (Å²) in [6, 6.07) is 5.15. The van der Waals surface area contributed by atoms with Crippen LogP contribution < -0.4 is 15.8 Å². The Bertz CT molecular complexity index is 481. The number of thioether (sulfide) groups is 1. The van der Waals surface area contributed by atoms with Gasteiger partial charge in [-0.2, -0.15) is 11.8 Å². The third-order valence-corrected chi connectivity index (χ3v) is 5.19. The van der Waals surface area contributed by atoms with Gasteiger partial charge in [0.2, 0.25) is 0 Å². The molecule has 1 fully saturated rings. The first-order valence-corrected chi connectivity index (χ1v) is 8.18. The number of nitrogens with one attached hydrogen (secondary N) is 1. The normalized spacial score (nSPS) is 16.3. The number of anilines is 1. The van der Waals surface area contributed by atoms with E-state index in [4.69, 9.17) is 10.5 Å². The molecule has 5 heteroatoms. The van der Waals surface area contributed by atoms with E-state index in [-0.39, 0.29) is 10.7 Å². The van der Waals surface area contributed by atoms with Crippen molar-refractivity contribution in [3.63, 3.8) is 0 Å². The Balaban J connectivity index is 2.01. The smallest absolute Gasteiger partial charge is 0.251 e. The lowest BCUT2D eigenvalue weighted by Gasteiger charge is -2.40. The molecule has 0 heterocycles. The molecule has 2 rings (SSSR count). The predicted molar refractivity (Wildman–Crippen MR) is 84.5 cm³/mol. The SMILES string of the molecule is CCOc1cc(N)cc(C(=O)NCC2(SC)CCC2)c1. The Morgan fingerprint density at radius 1 is 1.45 bits per heavy atom. The molecule has 0 atom stereocenters. The van der Waals surface area contributed by atoms with Crippen LogP contribution in [0.15, 0.2) is 18.2 Å². The first-order chi connectivity index (χ1) is 9.58. The van der Waals surface area contributed by atoms with E-state index in [2.05, 4.69) is 11.6 Å². The van der Waals surface area contributed by atoms with Gasteiger partial charge >= 0.3 is 0 Å². The topological polar surface area (TPSA) is 64.3 Å². The van der Waals surface area contributed by atoms with Crippen molar-refractivity contribution >= 4 is 23.4 Å². The molecule has 1 aromatic carbocycles. The van der Waals surface area contributed by atoms with E-state index in [9.17, 15) is 4.79 Å². The molecule has 0 bridgehead atoms. The van der Waals surface area contributed by atoms with E-state index in [1.165, 1.54) is 19.3 Å². The summed E-state index contributed by atoms with van der Waals surface area (Å²) in [4.78, 5) is 12.2. The van der Waals surface area contributed by atoms with Crippen LogP contribution in [-0.4, -0.2) is 30.1 Å². The van der Waals surface area contributed by atoms with Crippen molar-refractivity contribution in [2.24, 2.45) is 0 Å². The van der Waals surface area contributed by atoms with Crippen molar-refractivity contribution in [1.82, 2.24) is 5.32 Å². The third kappa shape index (κ3) is 3.39. The van der Waals surface area contributed by atoms with Crippen LogP contribution in [-0.2, 0) is 0 Å². The molecule has 0 aromatic heterocycles. The number of amides is 1. The number of hydrogen-bond donors (Lipinski definition) is 2. The second-order valence-electron chi connectivity index (χ2n) is 5.15. The Kier molecular flexibility index (Phi) is 4.81. The van der Waals surface area contributed by atoms with E-state index in [1.807, 2.05) is 18.7 Å². The summed E-state index contributed by atoms with van der Waals surface area (Å²) < 4.78 is 5.65. The van der Waals surface area contributed by atoms with Gasteiger partial charge in [0, 0.05) is 28.6 Å². The van der Waals surface area contributed by atoms with Gasteiger partial charge in [-0.3, -0.25) is 4.79 Å². The first-order valence-electron chi connectivity index (χ1n) is 6.95. The molecule has 0 aliphatic heterocycles. The average Bonchev–Trinajstić information content (AvgIpc) is 2.37. The standard InChI is InChI=1S/C15H22N2O2S/c1-3-19-13-8-11(7-12(16)9-13)14(18)17-10-15(20-2)5-4-6-15/h7-9H,3-6,10,16H2,1-2H3,(H,17,18). The van der Waals surface area contributed by atoms with Gasteiger partial charge < -0.3 is 15.8 Å². The minimum atomic E-state index is -0.0846. The van der Waals surface area contributed by atoms with Crippen LogP contribution in [0.3, 0.4) is 0 Å². The maximum Gasteiger partial charge on any atom is 0.251 e. The molecular weight excluding hydrogens is 272 g/mol. The lowest BCUT2D eigenvalue weighted by atomic mass is 9.84. The highest BCUT2D eigenvalue weighted by atomic mass is 32.2. The van der Waals surface area contributed by atoms with Gasteiger partial charge in [0.25, 0.3) is 5.91 Å². The Morgan fingerprint density at radius 2 is 2.20 bits per heavy atom. The Labute approximate surface area is 124 Å². The predicted octanol–water partition coefficient (Wildman–Crippen LogP) is 2.68. The van der Waals surface area contributed by atoms with Crippen LogP contribution in [0.5, 0.6) is 5.75 Å². The highest BCUT2D eigenvalue weighted by Crippen LogP contribution is 2.42. The maximum atomic E-state index is 12.2. The van der Waals surface area contributed by atoms with E-state index < -0.39 is 0 Å². The molecule has 1 saturated carbocycles. The van der Waals surface area contributed by atoms with Crippen LogP contribution in [0.1, 0.15) is 36.5 Å². The highest BCUT2D eigenvalue weighted by molar-refractivity contribution is 8.00. The molecule has 1 amide bonds. The average molecular weight is 294 g/mol. The van der Waals surface area contributed by atoms with Crippen molar-refractivity contribution in [1.29, 1.82) is 0 Å². The molecule has 20 heavy (non-hydrogen) atoms. The van der Waals surface area contributed by atoms with Crippen LogP contribution in [0.2, 0.25) is 0 Å². The van der Waals surface area contributed by atoms with E-state index >= 15 is 0 Å². The second kappa shape index (κ2) is 6.39. The highest BCUT2D eigenvalue weighted by Gasteiger charge is 2.36. The minimum absolute atomic E-state index is 0.0846. The first kappa shape index (κ1) is 15.0. The van der Waals surface area contributed by atoms with Gasteiger partial charge in [0.1, 0.15) is 5.75 Å². The van der Waals surface area contributed by atoms with Gasteiger partial charge in [-0.25, -0.2) is 0 Å². The molecule has 110 valence electrons. The number of carbonyl (C=O) groups excluding carboxylic acids is 1. The number of hydrogen-bond acceptors (Lipinski definition) is 4. The van der Waals surface area contributed by atoms with E-state index in [1.54, 1.807) is 18.2 Å². The minimum Gasteiger partial charge on any atom is -0.494 e. The summed E-state index contributed by atoms with van der Waals surface area (Å²) >= 11 is 1.85. The zero-order chi connectivity index (χ0) is 14.6. The molecular formula is C15H22N2O2S. The van der Waals surface area contributed by atoms with E-state index in [0.29, 0.717) is 30.2 Å². The van der Waals surface area contributed by atoms with Crippen LogP contribution in [0, 0.1) is 0 Å². The van der Waals surface area contributed by atoms with Crippen molar-refractivity contribution in [3.05, 3.63) is 23.8 Å². The van der Waals surface area contributed by atoms with E-state index in [0.717, 1.165) is 0 Å². The van der Waals surface area contributed by atoms with Crippen molar-refractivity contribution in [3.8, 4) is 5.75 Å². The number of carbonyl (C=O) groups is 1. The molecule has 4 nitrogen and oxygen atoms in total. The summed E-state index contributed by atoms with van der Waals surface area (Å²) in [7, 11) is 0. The molecule has 0 unspecified atom stereocenters. The number of rotatable bonds is 6. The summed E-state index contributed by atoms with van der Waals surface area (Å²) in [6.45, 7) is 3.17. The fourth-order valence-electron chi connectivity index (χ4n) is 2.37. The van der Waals surface area contributed by atoms with Crippen LogP contribution in [0.25, 0.3) is 0 Å². The van der Waals surface area contributed by atoms with Gasteiger partial charge in [-0.15, -0.1) is 0 Å². The van der Waals surface area contributed by atoms with Gasteiger partial charge in [-0.1, -0.05) is 6.42 Å². The summed E-state index contributed by atoms with van der Waals surface area (Å²) in [6.07, 6.45) is 5.72. The van der Waals surface area contributed by atoms with Crippen molar-refractivity contribution in [2.75, 3.05) is 25.1 Å². The largest absolute Gasteiger partial charge is 0.494 e. The molecule has 3 N–H and O–H groups in total. The molecule has 1 aromatic rings. The van der Waals surface area contributed by atoms with Crippen LogP contribution >= 0.6 is 11.8 Å². The zero-order valence-electron chi connectivity index (χ0n) is 12.1. The molecule has 0 radical (unpaired) electrons. The summed E-state index contributed by atoms with van der Waals surface area (Å²) in [5.41, 5.74) is 6.91. The summed E-state index contributed by atoms with van der Waals surface area (Å²) in [5.74, 6) is 0.555. The van der Waals surface area contributed by atoms with Crippen LogP contribution in [0.4, 0.5) is 5.69 Å². The molecule has 1 aliphatic carbocycles. The Morgan fingerprint density at radius 3 is 2.75 bits per heavy atom. The maximum absolute atomic E-state index is 12.2. The fourth-order valence-corrected chi connectivity index (χ4v) is 3.28. The summed E-state index contributed by atoms with van der Waals surface area (Å²) in [5, 5.41) is 3.02. The molecule has 0 spiro atoms. The Hall–Kier alpha value is -1.36. The van der Waals surface area contributed by atoms with Crippen molar-refractivity contribution in [2.45, 2.75) is 30.9 Å². The second-order valence-corrected chi connectivity index (χ2v) is 6.42. The monoisotopic (exact) mass is 294 g/mol. The quantitative estimate of drug-likeness (QED) is 0.792. The number of nitrogens with two attached hydrogens (primary N) is 1. The lowest BCUT2D eigenvalue weighted by molar-refractivity contribution is 0.0943. The van der Waals surface area contributed by atoms with Gasteiger partial charge in [0.15, 0.2) is 0 Å². The zero-order valence-corrected chi connectivity index (χ0v) is 12.9. The fraction of sp³-hybridized carbons (Fsp3) is 0.533. The lowest BCUT2D eigenvalue weighted by Crippen LogP contribution is -2.45. The molecule has 0 saturated heterocycles. The number of nitrogen functional groups attached to an aromatic ring is 1. The number of benzene rings is 1. The van der Waals surface area contributed by atoms with Gasteiger partial charge in [-0.05, 0) is 38.2 Å².